The molecule has 0 bridgehead atoms. The Morgan fingerprint density at radius 1 is 1.47 bits per heavy atom. The van der Waals surface area contributed by atoms with E-state index in [1.807, 2.05) is 6.92 Å². The van der Waals surface area contributed by atoms with Gasteiger partial charge in [0.2, 0.25) is 0 Å². The van der Waals surface area contributed by atoms with Crippen LogP contribution in [0.3, 0.4) is 0 Å². The first-order valence-corrected chi connectivity index (χ1v) is 5.94. The van der Waals surface area contributed by atoms with E-state index >= 15 is 0 Å². The maximum absolute atomic E-state index is 12.2. The Kier molecular flexibility index (Phi) is 4.80. The Hall–Kier alpha value is -2.18. The Bertz CT molecular complexity index is 538. The van der Waals surface area contributed by atoms with Gasteiger partial charge in [-0.2, -0.15) is 5.10 Å². The van der Waals surface area contributed by atoms with Gasteiger partial charge in [-0.1, -0.05) is 6.92 Å². The first-order valence-electron chi connectivity index (χ1n) is 5.94. The summed E-state index contributed by atoms with van der Waals surface area (Å²) in [4.78, 5) is 35.5. The fourth-order valence-electron chi connectivity index (χ4n) is 1.56. The quantitative estimate of drug-likeness (QED) is 0.817. The number of hydrogen-bond donors (Lipinski definition) is 1. The van der Waals surface area contributed by atoms with Crippen LogP contribution in [0.15, 0.2) is 16.9 Å². The summed E-state index contributed by atoms with van der Waals surface area (Å²) < 4.78 is 1.04. The van der Waals surface area contributed by atoms with Crippen LogP contribution in [0.5, 0.6) is 0 Å². The Morgan fingerprint density at radius 2 is 2.11 bits per heavy atom. The van der Waals surface area contributed by atoms with Crippen molar-refractivity contribution in [1.29, 1.82) is 0 Å². The van der Waals surface area contributed by atoms with E-state index in [1.165, 1.54) is 24.1 Å². The highest BCUT2D eigenvalue weighted by Crippen LogP contribution is 2.08. The van der Waals surface area contributed by atoms with Gasteiger partial charge in [-0.3, -0.25) is 14.4 Å². The van der Waals surface area contributed by atoms with Crippen LogP contribution in [0.25, 0.3) is 0 Å². The van der Waals surface area contributed by atoms with Crippen LogP contribution in [0, 0.1) is 0 Å². The van der Waals surface area contributed by atoms with E-state index in [0.29, 0.717) is 6.42 Å². The molecule has 1 amide bonds. The second-order valence-electron chi connectivity index (χ2n) is 4.26. The van der Waals surface area contributed by atoms with E-state index in [0.717, 1.165) is 4.68 Å². The van der Waals surface area contributed by atoms with E-state index in [-0.39, 0.29) is 17.3 Å². The van der Waals surface area contributed by atoms with E-state index < -0.39 is 18.4 Å². The maximum Gasteiger partial charge on any atom is 0.323 e. The Morgan fingerprint density at radius 3 is 2.58 bits per heavy atom. The smallest absolute Gasteiger partial charge is 0.323 e. The normalized spacial score (nSPS) is 11.9. The van der Waals surface area contributed by atoms with Crippen molar-refractivity contribution in [2.45, 2.75) is 26.3 Å². The van der Waals surface area contributed by atoms with Crippen LogP contribution in [0.1, 0.15) is 30.8 Å². The Labute approximate surface area is 110 Å². The molecular formula is C12H17N3O4. The molecule has 7 nitrogen and oxygen atoms in total. The molecule has 0 aromatic carbocycles. The molecule has 0 aliphatic carbocycles. The summed E-state index contributed by atoms with van der Waals surface area (Å²) in [5.74, 6) is -1.58. The zero-order chi connectivity index (χ0) is 14.6. The fourth-order valence-corrected chi connectivity index (χ4v) is 1.56. The summed E-state index contributed by atoms with van der Waals surface area (Å²) in [6.07, 6.45) is 0.630. The van der Waals surface area contributed by atoms with E-state index in [2.05, 4.69) is 5.10 Å². The molecule has 1 N–H and O–H groups in total. The van der Waals surface area contributed by atoms with Crippen molar-refractivity contribution in [2.75, 3.05) is 6.54 Å². The van der Waals surface area contributed by atoms with Crippen molar-refractivity contribution < 1.29 is 14.7 Å². The first kappa shape index (κ1) is 14.9. The number of carbonyl (C=O) groups excluding carboxylic acids is 1. The molecule has 0 radical (unpaired) electrons. The molecule has 0 fully saturated rings. The van der Waals surface area contributed by atoms with Gasteiger partial charge in [0.25, 0.3) is 11.5 Å². The van der Waals surface area contributed by atoms with Crippen LogP contribution in [0.2, 0.25) is 0 Å². The van der Waals surface area contributed by atoms with E-state index in [1.54, 1.807) is 6.92 Å². The van der Waals surface area contributed by atoms with Gasteiger partial charge in [0.1, 0.15) is 12.2 Å². The lowest BCUT2D eigenvalue weighted by atomic mass is 10.2. The SMILES string of the molecule is CCC(C)N(CC(=O)O)C(=O)c1ccc(=O)n(C)n1. The number of carboxylic acid groups (broad SMARTS) is 1. The molecule has 1 aromatic rings. The largest absolute Gasteiger partial charge is 0.480 e. The molecule has 1 unspecified atom stereocenters. The van der Waals surface area contributed by atoms with Gasteiger partial charge in [0, 0.05) is 19.2 Å². The molecule has 0 aliphatic rings. The van der Waals surface area contributed by atoms with Gasteiger partial charge in [-0.05, 0) is 19.4 Å². The van der Waals surface area contributed by atoms with E-state index in [9.17, 15) is 14.4 Å². The summed E-state index contributed by atoms with van der Waals surface area (Å²) in [5.41, 5.74) is -0.270. The highest BCUT2D eigenvalue weighted by atomic mass is 16.4. The third-order valence-electron chi connectivity index (χ3n) is 2.87. The number of aliphatic carboxylic acids is 1. The minimum Gasteiger partial charge on any atom is -0.480 e. The first-order chi connectivity index (χ1) is 8.86. The predicted octanol–water partition coefficient (Wildman–Crippen LogP) is 0.106. The number of aromatic nitrogens is 2. The lowest BCUT2D eigenvalue weighted by molar-refractivity contribution is -0.138. The molecule has 1 atom stereocenters. The van der Waals surface area contributed by atoms with Crippen molar-refractivity contribution >= 4 is 11.9 Å². The molecule has 0 saturated carbocycles. The van der Waals surface area contributed by atoms with Crippen molar-refractivity contribution in [3.8, 4) is 0 Å². The third-order valence-corrected chi connectivity index (χ3v) is 2.87. The second kappa shape index (κ2) is 6.12. The molecule has 0 spiro atoms. The standard InChI is InChI=1S/C12H17N3O4/c1-4-8(2)15(7-11(17)18)12(19)9-5-6-10(16)14(3)13-9/h5-6,8H,4,7H2,1-3H3,(H,17,18). The average molecular weight is 267 g/mol. The van der Waals surface area contributed by atoms with Crippen LogP contribution in [0.4, 0.5) is 0 Å². The number of carbonyl (C=O) groups is 2. The fraction of sp³-hybridized carbons (Fsp3) is 0.500. The number of carboxylic acids is 1. The number of hydrogen-bond acceptors (Lipinski definition) is 4. The van der Waals surface area contributed by atoms with Gasteiger partial charge < -0.3 is 10.0 Å². The monoisotopic (exact) mass is 267 g/mol. The summed E-state index contributed by atoms with van der Waals surface area (Å²) in [6.45, 7) is 3.24. The predicted molar refractivity (Wildman–Crippen MR) is 67.9 cm³/mol. The molecule has 1 aromatic heterocycles. The second-order valence-corrected chi connectivity index (χ2v) is 4.26. The highest BCUT2D eigenvalue weighted by Gasteiger charge is 2.24. The van der Waals surface area contributed by atoms with Gasteiger partial charge >= 0.3 is 5.97 Å². The van der Waals surface area contributed by atoms with Crippen molar-refractivity contribution in [3.05, 3.63) is 28.2 Å². The van der Waals surface area contributed by atoms with Crippen LogP contribution in [-0.4, -0.2) is 44.3 Å². The van der Waals surface area contributed by atoms with Gasteiger partial charge in [0.15, 0.2) is 0 Å². The maximum atomic E-state index is 12.2. The zero-order valence-corrected chi connectivity index (χ0v) is 11.2. The van der Waals surface area contributed by atoms with Crippen LogP contribution in [-0.2, 0) is 11.8 Å². The van der Waals surface area contributed by atoms with Crippen molar-refractivity contribution in [2.24, 2.45) is 7.05 Å². The minimum atomic E-state index is -1.08. The minimum absolute atomic E-state index is 0.0589. The van der Waals surface area contributed by atoms with Crippen molar-refractivity contribution in [1.82, 2.24) is 14.7 Å². The van der Waals surface area contributed by atoms with Crippen molar-refractivity contribution in [3.63, 3.8) is 0 Å². The summed E-state index contributed by atoms with van der Waals surface area (Å²) in [7, 11) is 1.43. The van der Waals surface area contributed by atoms with Gasteiger partial charge in [-0.15, -0.1) is 0 Å². The zero-order valence-electron chi connectivity index (χ0n) is 11.2. The third kappa shape index (κ3) is 3.64. The number of nitrogens with zero attached hydrogens (tertiary/aromatic N) is 3. The van der Waals surface area contributed by atoms with E-state index in [4.69, 9.17) is 5.11 Å². The molecule has 7 heteroatoms. The topological polar surface area (TPSA) is 92.5 Å². The molecular weight excluding hydrogens is 250 g/mol. The van der Waals surface area contributed by atoms with Gasteiger partial charge in [0.05, 0.1) is 0 Å². The molecule has 0 saturated heterocycles. The molecule has 104 valence electrons. The molecule has 0 aliphatic heterocycles. The molecule has 19 heavy (non-hydrogen) atoms. The summed E-state index contributed by atoms with van der Waals surface area (Å²) in [6, 6.07) is 2.32. The number of rotatable bonds is 5. The lowest BCUT2D eigenvalue weighted by Gasteiger charge is -2.26. The molecule has 1 rings (SSSR count). The summed E-state index contributed by atoms with van der Waals surface area (Å²) >= 11 is 0. The number of aryl methyl sites for hydroxylation is 1. The van der Waals surface area contributed by atoms with Gasteiger partial charge in [-0.25, -0.2) is 4.68 Å². The molecule has 1 heterocycles. The number of amides is 1. The highest BCUT2D eigenvalue weighted by molar-refractivity contribution is 5.94. The van der Waals surface area contributed by atoms with Crippen LogP contribution < -0.4 is 5.56 Å². The summed E-state index contributed by atoms with van der Waals surface area (Å²) in [5, 5.41) is 12.7. The van der Waals surface area contributed by atoms with Crippen LogP contribution >= 0.6 is 0 Å². The lowest BCUT2D eigenvalue weighted by Crippen LogP contribution is -2.42. The Balaban J connectivity index is 3.07. The average Bonchev–Trinajstić information content (AvgIpc) is 2.37.